The lowest BCUT2D eigenvalue weighted by Crippen LogP contribution is -2.25. The van der Waals surface area contributed by atoms with Gasteiger partial charge in [-0.3, -0.25) is 0 Å². The molecule has 0 spiro atoms. The Morgan fingerprint density at radius 3 is 2.95 bits per heavy atom. The molecule has 108 valence electrons. The van der Waals surface area contributed by atoms with Crippen LogP contribution in [0.2, 0.25) is 0 Å². The summed E-state index contributed by atoms with van der Waals surface area (Å²) < 4.78 is 19.8. The number of benzene rings is 1. The van der Waals surface area contributed by atoms with Crippen LogP contribution in [0.3, 0.4) is 0 Å². The van der Waals surface area contributed by atoms with Crippen molar-refractivity contribution in [2.24, 2.45) is 5.92 Å². The van der Waals surface area contributed by atoms with E-state index in [1.54, 1.807) is 12.1 Å². The van der Waals surface area contributed by atoms with Gasteiger partial charge in [0, 0.05) is 6.07 Å². The van der Waals surface area contributed by atoms with Crippen LogP contribution >= 0.6 is 11.6 Å². The van der Waals surface area contributed by atoms with Gasteiger partial charge in [0.25, 0.3) is 0 Å². The van der Waals surface area contributed by atoms with Gasteiger partial charge in [-0.05, 0) is 37.3 Å². The molecule has 0 N–H and O–H groups in total. The zero-order valence-electron chi connectivity index (χ0n) is 11.8. The Morgan fingerprint density at radius 2 is 2.25 bits per heavy atom. The molecule has 1 fully saturated rings. The van der Waals surface area contributed by atoms with Gasteiger partial charge in [-0.25, -0.2) is 4.39 Å². The van der Waals surface area contributed by atoms with Crippen LogP contribution in [0.25, 0.3) is 0 Å². The molecule has 1 aromatic rings. The second kappa shape index (κ2) is 7.55. The maximum atomic E-state index is 13.8. The highest BCUT2D eigenvalue weighted by atomic mass is 35.5. The van der Waals surface area contributed by atoms with Gasteiger partial charge in [-0.15, -0.1) is 11.6 Å². The molecular weight excluding hydrogens is 275 g/mol. The number of alkyl halides is 1. The molecule has 20 heavy (non-hydrogen) atoms. The fourth-order valence-corrected chi connectivity index (χ4v) is 2.78. The van der Waals surface area contributed by atoms with E-state index in [2.05, 4.69) is 18.8 Å². The third-order valence-corrected chi connectivity index (χ3v) is 3.98. The van der Waals surface area contributed by atoms with E-state index in [1.165, 1.54) is 25.3 Å². The van der Waals surface area contributed by atoms with E-state index in [0.29, 0.717) is 11.3 Å². The predicted molar refractivity (Wildman–Crippen MR) is 80.7 cm³/mol. The maximum absolute atomic E-state index is 13.8. The lowest BCUT2D eigenvalue weighted by molar-refractivity contribution is 0.121. The highest BCUT2D eigenvalue weighted by Gasteiger charge is 2.22. The number of hydrogen-bond acceptors (Lipinski definition) is 1. The first-order chi connectivity index (χ1) is 9.72. The quantitative estimate of drug-likeness (QED) is 0.577. The minimum Gasteiger partial charge on any atom is -0.490 e. The van der Waals surface area contributed by atoms with Crippen LogP contribution in [0.1, 0.15) is 44.6 Å². The summed E-state index contributed by atoms with van der Waals surface area (Å²) in [5, 5.41) is 0. The summed E-state index contributed by atoms with van der Waals surface area (Å²) in [6, 6.07) is 4.87. The number of rotatable bonds is 3. The maximum Gasteiger partial charge on any atom is 0.142 e. The molecule has 0 saturated heterocycles. The summed E-state index contributed by atoms with van der Waals surface area (Å²) >= 11 is 5.47. The lowest BCUT2D eigenvalue weighted by atomic mass is 9.85. The van der Waals surface area contributed by atoms with Gasteiger partial charge in [0.05, 0.1) is 17.5 Å². The molecule has 2 rings (SSSR count). The number of halogens is 2. The Kier molecular flexibility index (Phi) is 5.73. The summed E-state index contributed by atoms with van der Waals surface area (Å²) in [5.41, 5.74) is 0.369. The molecule has 0 bridgehead atoms. The van der Waals surface area contributed by atoms with Crippen molar-refractivity contribution in [2.45, 2.75) is 45.1 Å². The Balaban J connectivity index is 2.01. The van der Waals surface area contributed by atoms with Gasteiger partial charge < -0.3 is 4.74 Å². The molecule has 0 aromatic heterocycles. The van der Waals surface area contributed by atoms with Crippen LogP contribution in [0.5, 0.6) is 5.75 Å². The standard InChI is InChI=1S/C17H20ClFO/c1-2-13-5-3-7-15(11-13)20-16-9-8-14(6-4-10-18)17(19)12-16/h8-9,12-13,15H,2-3,5,7,10-11H2,1H3. The van der Waals surface area contributed by atoms with Crippen molar-refractivity contribution in [2.75, 3.05) is 5.88 Å². The van der Waals surface area contributed by atoms with Crippen LogP contribution in [0, 0.1) is 23.6 Å². The van der Waals surface area contributed by atoms with Crippen molar-refractivity contribution < 1.29 is 9.13 Å². The van der Waals surface area contributed by atoms with Crippen molar-refractivity contribution in [1.82, 2.24) is 0 Å². The summed E-state index contributed by atoms with van der Waals surface area (Å²) in [6.45, 7) is 2.22. The molecule has 1 nitrogen and oxygen atoms in total. The van der Waals surface area contributed by atoms with E-state index >= 15 is 0 Å². The molecule has 0 heterocycles. The number of hydrogen-bond donors (Lipinski definition) is 0. The first kappa shape index (κ1) is 15.2. The average molecular weight is 295 g/mol. The highest BCUT2D eigenvalue weighted by Crippen LogP contribution is 2.30. The molecule has 1 saturated carbocycles. The van der Waals surface area contributed by atoms with Gasteiger partial charge in [0.15, 0.2) is 0 Å². The zero-order valence-corrected chi connectivity index (χ0v) is 12.5. The van der Waals surface area contributed by atoms with E-state index in [1.807, 2.05) is 0 Å². The molecule has 1 aromatic carbocycles. The van der Waals surface area contributed by atoms with Crippen molar-refractivity contribution in [3.63, 3.8) is 0 Å². The minimum absolute atomic E-state index is 0.207. The first-order valence-corrected chi connectivity index (χ1v) is 7.77. The molecule has 2 unspecified atom stereocenters. The van der Waals surface area contributed by atoms with Gasteiger partial charge >= 0.3 is 0 Å². The van der Waals surface area contributed by atoms with Crippen LogP contribution in [0.4, 0.5) is 4.39 Å². The smallest absolute Gasteiger partial charge is 0.142 e. The third-order valence-electron chi connectivity index (χ3n) is 3.85. The predicted octanol–water partition coefficient (Wildman–Crippen LogP) is 4.76. The van der Waals surface area contributed by atoms with Crippen LogP contribution < -0.4 is 4.74 Å². The van der Waals surface area contributed by atoms with Gasteiger partial charge in [0.2, 0.25) is 0 Å². The normalized spacial score (nSPS) is 21.9. The molecule has 1 aliphatic rings. The minimum atomic E-state index is -0.344. The summed E-state index contributed by atoms with van der Waals surface area (Å²) in [7, 11) is 0. The fraction of sp³-hybridized carbons (Fsp3) is 0.529. The zero-order chi connectivity index (χ0) is 14.4. The molecule has 0 amide bonds. The summed E-state index contributed by atoms with van der Waals surface area (Å²) in [5.74, 6) is 6.55. The van der Waals surface area contributed by atoms with E-state index in [-0.39, 0.29) is 17.8 Å². The van der Waals surface area contributed by atoms with Crippen LogP contribution in [0.15, 0.2) is 18.2 Å². The summed E-state index contributed by atoms with van der Waals surface area (Å²) in [4.78, 5) is 0. The topological polar surface area (TPSA) is 9.23 Å². The molecule has 2 atom stereocenters. The van der Waals surface area contributed by atoms with Crippen LogP contribution in [-0.2, 0) is 0 Å². The van der Waals surface area contributed by atoms with Crippen LogP contribution in [-0.4, -0.2) is 12.0 Å². The number of ether oxygens (including phenoxy) is 1. The Bertz CT molecular complexity index is 503. The Morgan fingerprint density at radius 1 is 1.40 bits per heavy atom. The van der Waals surface area contributed by atoms with E-state index < -0.39 is 0 Å². The highest BCUT2D eigenvalue weighted by molar-refractivity contribution is 6.19. The molecule has 3 heteroatoms. The fourth-order valence-electron chi connectivity index (χ4n) is 2.71. The van der Waals surface area contributed by atoms with Gasteiger partial charge in [0.1, 0.15) is 11.6 Å². The van der Waals surface area contributed by atoms with Crippen molar-refractivity contribution in [3.8, 4) is 17.6 Å². The molecular formula is C17H20ClFO. The van der Waals surface area contributed by atoms with E-state index in [4.69, 9.17) is 16.3 Å². The molecule has 1 aliphatic carbocycles. The lowest BCUT2D eigenvalue weighted by Gasteiger charge is -2.29. The third kappa shape index (κ3) is 4.15. The van der Waals surface area contributed by atoms with Gasteiger partial charge in [-0.1, -0.05) is 31.6 Å². The molecule has 0 radical (unpaired) electrons. The van der Waals surface area contributed by atoms with Crippen molar-refractivity contribution >= 4 is 11.6 Å². The van der Waals surface area contributed by atoms with Crippen molar-refractivity contribution in [3.05, 3.63) is 29.6 Å². The monoisotopic (exact) mass is 294 g/mol. The first-order valence-electron chi connectivity index (χ1n) is 7.24. The van der Waals surface area contributed by atoms with E-state index in [9.17, 15) is 4.39 Å². The summed E-state index contributed by atoms with van der Waals surface area (Å²) in [6.07, 6.45) is 6.04. The second-order valence-corrected chi connectivity index (χ2v) is 5.53. The second-order valence-electron chi connectivity index (χ2n) is 5.26. The molecule has 0 aliphatic heterocycles. The SMILES string of the molecule is CCC1CCCC(Oc2ccc(C#CCCl)c(F)c2)C1. The Hall–Kier alpha value is -1.20. The van der Waals surface area contributed by atoms with Crippen molar-refractivity contribution in [1.29, 1.82) is 0 Å². The van der Waals surface area contributed by atoms with Gasteiger partial charge in [-0.2, -0.15) is 0 Å². The largest absolute Gasteiger partial charge is 0.490 e. The van der Waals surface area contributed by atoms with E-state index in [0.717, 1.165) is 18.8 Å². The average Bonchev–Trinajstić information content (AvgIpc) is 2.47. The Labute approximate surface area is 125 Å².